The summed E-state index contributed by atoms with van der Waals surface area (Å²) >= 11 is 3.31. The molecule has 1 rings (SSSR count). The van der Waals surface area contributed by atoms with Gasteiger partial charge in [-0.15, -0.1) is 0 Å². The summed E-state index contributed by atoms with van der Waals surface area (Å²) in [5, 5.41) is 0. The van der Waals surface area contributed by atoms with Crippen LogP contribution in [-0.2, 0) is 9.53 Å². The minimum atomic E-state index is -0.856. The number of benzene rings is 1. The van der Waals surface area contributed by atoms with Crippen LogP contribution < -0.4 is 4.74 Å². The van der Waals surface area contributed by atoms with Crippen molar-refractivity contribution in [2.45, 2.75) is 13.8 Å². The van der Waals surface area contributed by atoms with Crippen LogP contribution in [0.3, 0.4) is 0 Å². The Morgan fingerprint density at radius 1 is 1.35 bits per heavy atom. The van der Waals surface area contributed by atoms with Gasteiger partial charge in [0.2, 0.25) is 0 Å². The minimum Gasteiger partial charge on any atom is -0.496 e. The van der Waals surface area contributed by atoms with E-state index in [1.165, 1.54) is 13.2 Å². The van der Waals surface area contributed by atoms with Crippen molar-refractivity contribution in [1.82, 2.24) is 0 Å². The first-order valence-electron chi connectivity index (χ1n) is 5.06. The van der Waals surface area contributed by atoms with Crippen LogP contribution >= 0.6 is 15.9 Å². The van der Waals surface area contributed by atoms with Gasteiger partial charge in [-0.2, -0.15) is 0 Å². The van der Waals surface area contributed by atoms with Gasteiger partial charge in [0, 0.05) is 15.6 Å². The molecule has 0 spiro atoms. The Hall–Kier alpha value is -1.36. The van der Waals surface area contributed by atoms with E-state index in [-0.39, 0.29) is 12.2 Å². The predicted molar refractivity (Wildman–Crippen MR) is 66.4 cm³/mol. The summed E-state index contributed by atoms with van der Waals surface area (Å²) in [7, 11) is 1.51. The van der Waals surface area contributed by atoms with Gasteiger partial charge in [0.15, 0.2) is 0 Å². The lowest BCUT2D eigenvalue weighted by molar-refractivity contribution is -0.137. The van der Waals surface area contributed by atoms with E-state index in [9.17, 15) is 9.59 Å². The van der Waals surface area contributed by atoms with E-state index < -0.39 is 11.8 Å². The molecule has 0 amide bonds. The molecule has 0 fully saturated rings. The Balaban J connectivity index is 3.11. The molecule has 0 bridgehead atoms. The van der Waals surface area contributed by atoms with Crippen LogP contribution in [0.15, 0.2) is 16.6 Å². The Bertz CT molecular complexity index is 454. The number of carbonyl (C=O) groups excluding carboxylic acids is 2. The lowest BCUT2D eigenvalue weighted by Gasteiger charge is -2.09. The number of Topliss-reactive ketones (excluding diaryl/α,β-unsaturated/α-hetero) is 1. The van der Waals surface area contributed by atoms with Gasteiger partial charge in [-0.1, -0.05) is 15.9 Å². The van der Waals surface area contributed by atoms with Crippen molar-refractivity contribution in [3.05, 3.63) is 27.7 Å². The number of esters is 1. The summed E-state index contributed by atoms with van der Waals surface area (Å²) in [4.78, 5) is 23.0. The number of methoxy groups -OCH3 is 1. The largest absolute Gasteiger partial charge is 0.496 e. The number of ketones is 1. The van der Waals surface area contributed by atoms with Gasteiger partial charge in [0.25, 0.3) is 5.78 Å². The van der Waals surface area contributed by atoms with Crippen LogP contribution in [-0.4, -0.2) is 25.5 Å². The normalized spacial score (nSPS) is 9.88. The number of carbonyl (C=O) groups is 2. The lowest BCUT2D eigenvalue weighted by Crippen LogP contribution is -2.17. The molecule has 5 heteroatoms. The van der Waals surface area contributed by atoms with E-state index in [1.807, 2.05) is 6.92 Å². The first kappa shape index (κ1) is 13.7. The third-order valence-corrected chi connectivity index (χ3v) is 3.06. The molecular weight excluding hydrogens is 288 g/mol. The van der Waals surface area contributed by atoms with E-state index in [2.05, 4.69) is 20.7 Å². The Labute approximate surface area is 108 Å². The average molecular weight is 301 g/mol. The number of hydrogen-bond donors (Lipinski definition) is 0. The number of rotatable bonds is 4. The number of hydrogen-bond acceptors (Lipinski definition) is 4. The Kier molecular flexibility index (Phi) is 4.69. The van der Waals surface area contributed by atoms with Crippen molar-refractivity contribution in [3.8, 4) is 5.75 Å². The predicted octanol–water partition coefficient (Wildman–Crippen LogP) is 2.51. The Morgan fingerprint density at radius 2 is 2.00 bits per heavy atom. The second kappa shape index (κ2) is 5.82. The van der Waals surface area contributed by atoms with E-state index in [0.717, 1.165) is 5.56 Å². The standard InChI is InChI=1S/C12H13BrO4/c1-4-17-12(15)11(14)8-5-9(13)7(2)10(6-8)16-3/h5-6H,4H2,1-3H3. The zero-order chi connectivity index (χ0) is 13.0. The summed E-state index contributed by atoms with van der Waals surface area (Å²) in [6.07, 6.45) is 0. The highest BCUT2D eigenvalue weighted by atomic mass is 79.9. The molecule has 0 aliphatic rings. The highest BCUT2D eigenvalue weighted by molar-refractivity contribution is 9.10. The van der Waals surface area contributed by atoms with Crippen molar-refractivity contribution in [1.29, 1.82) is 0 Å². The van der Waals surface area contributed by atoms with Crippen molar-refractivity contribution >= 4 is 27.7 Å². The van der Waals surface area contributed by atoms with E-state index in [4.69, 9.17) is 4.74 Å². The van der Waals surface area contributed by atoms with Gasteiger partial charge < -0.3 is 9.47 Å². The van der Waals surface area contributed by atoms with Gasteiger partial charge >= 0.3 is 5.97 Å². The molecule has 0 N–H and O–H groups in total. The fourth-order valence-corrected chi connectivity index (χ4v) is 1.75. The van der Waals surface area contributed by atoms with Gasteiger partial charge in [-0.25, -0.2) is 4.79 Å². The minimum absolute atomic E-state index is 0.175. The number of halogens is 1. The fourth-order valence-electron chi connectivity index (χ4n) is 1.31. The van der Waals surface area contributed by atoms with Gasteiger partial charge in [0.05, 0.1) is 13.7 Å². The van der Waals surface area contributed by atoms with Crippen LogP contribution in [0.5, 0.6) is 5.75 Å². The molecule has 0 saturated heterocycles. The molecule has 0 aliphatic heterocycles. The first-order valence-corrected chi connectivity index (χ1v) is 5.86. The quantitative estimate of drug-likeness (QED) is 0.487. The molecular formula is C12H13BrO4. The second-order valence-corrected chi connectivity index (χ2v) is 4.19. The lowest BCUT2D eigenvalue weighted by atomic mass is 10.1. The van der Waals surface area contributed by atoms with Crippen LogP contribution in [0, 0.1) is 6.92 Å². The second-order valence-electron chi connectivity index (χ2n) is 3.33. The van der Waals surface area contributed by atoms with Gasteiger partial charge in [-0.3, -0.25) is 4.79 Å². The van der Waals surface area contributed by atoms with Gasteiger partial charge in [-0.05, 0) is 26.0 Å². The average Bonchev–Trinajstić information content (AvgIpc) is 2.31. The molecule has 92 valence electrons. The van der Waals surface area contributed by atoms with Crippen molar-refractivity contribution in [2.24, 2.45) is 0 Å². The zero-order valence-corrected chi connectivity index (χ0v) is 11.5. The molecule has 1 aromatic rings. The third kappa shape index (κ3) is 3.06. The first-order chi connectivity index (χ1) is 8.01. The summed E-state index contributed by atoms with van der Waals surface area (Å²) in [5.74, 6) is -0.983. The van der Waals surface area contributed by atoms with Crippen molar-refractivity contribution < 1.29 is 19.1 Å². The van der Waals surface area contributed by atoms with Crippen LogP contribution in [0.25, 0.3) is 0 Å². The molecule has 0 aliphatic carbocycles. The van der Waals surface area contributed by atoms with Crippen molar-refractivity contribution in [2.75, 3.05) is 13.7 Å². The topological polar surface area (TPSA) is 52.6 Å². The van der Waals surface area contributed by atoms with Gasteiger partial charge in [0.1, 0.15) is 5.75 Å². The molecule has 0 atom stereocenters. The maximum atomic E-state index is 11.7. The maximum Gasteiger partial charge on any atom is 0.379 e. The fraction of sp³-hybridized carbons (Fsp3) is 0.333. The van der Waals surface area contributed by atoms with E-state index in [0.29, 0.717) is 10.2 Å². The molecule has 0 heterocycles. The molecule has 17 heavy (non-hydrogen) atoms. The van der Waals surface area contributed by atoms with E-state index >= 15 is 0 Å². The Morgan fingerprint density at radius 3 is 2.53 bits per heavy atom. The highest BCUT2D eigenvalue weighted by Gasteiger charge is 2.19. The molecule has 4 nitrogen and oxygen atoms in total. The molecule has 1 aromatic carbocycles. The number of ether oxygens (including phenoxy) is 2. The van der Waals surface area contributed by atoms with Crippen LogP contribution in [0.1, 0.15) is 22.8 Å². The highest BCUT2D eigenvalue weighted by Crippen LogP contribution is 2.28. The monoisotopic (exact) mass is 300 g/mol. The summed E-state index contributed by atoms with van der Waals surface area (Å²) < 4.78 is 10.5. The zero-order valence-electron chi connectivity index (χ0n) is 9.87. The van der Waals surface area contributed by atoms with Crippen LogP contribution in [0.2, 0.25) is 0 Å². The molecule has 0 unspecified atom stereocenters. The summed E-state index contributed by atoms with van der Waals surface area (Å²) in [5.41, 5.74) is 1.12. The summed E-state index contributed by atoms with van der Waals surface area (Å²) in [6.45, 7) is 3.67. The van der Waals surface area contributed by atoms with E-state index in [1.54, 1.807) is 13.0 Å². The molecule has 0 saturated carbocycles. The van der Waals surface area contributed by atoms with Crippen LogP contribution in [0.4, 0.5) is 0 Å². The smallest absolute Gasteiger partial charge is 0.379 e. The molecule has 0 aromatic heterocycles. The summed E-state index contributed by atoms with van der Waals surface area (Å²) in [6, 6.07) is 3.11. The SMILES string of the molecule is CCOC(=O)C(=O)c1cc(Br)c(C)c(OC)c1. The van der Waals surface area contributed by atoms with Crippen molar-refractivity contribution in [3.63, 3.8) is 0 Å². The third-order valence-electron chi connectivity index (χ3n) is 2.24. The maximum absolute atomic E-state index is 11.7. The molecule has 0 radical (unpaired) electrons.